The molecule has 0 aliphatic heterocycles. The van der Waals surface area contributed by atoms with Crippen molar-refractivity contribution in [2.75, 3.05) is 0 Å². The molecule has 17 heavy (non-hydrogen) atoms. The van der Waals surface area contributed by atoms with Crippen LogP contribution in [0.2, 0.25) is 0 Å². The largest absolute Gasteiger partial charge is 0.370 e. The maximum atomic E-state index is 11.3. The van der Waals surface area contributed by atoms with E-state index in [0.29, 0.717) is 12.8 Å². The summed E-state index contributed by atoms with van der Waals surface area (Å²) < 4.78 is 0. The van der Waals surface area contributed by atoms with E-state index in [1.54, 1.807) is 0 Å². The minimum Gasteiger partial charge on any atom is -0.370 e. The highest BCUT2D eigenvalue weighted by atomic mass is 16.2. The number of carbonyl (C=O) groups is 3. The van der Waals surface area contributed by atoms with Gasteiger partial charge in [-0.05, 0) is 25.0 Å². The van der Waals surface area contributed by atoms with Gasteiger partial charge in [0.15, 0.2) is 11.6 Å². The fourth-order valence-electron chi connectivity index (χ4n) is 2.00. The normalized spacial score (nSPS) is 15.8. The zero-order valence-corrected chi connectivity index (χ0v) is 9.98. The van der Waals surface area contributed by atoms with Crippen molar-refractivity contribution in [3.05, 3.63) is 12.2 Å². The summed E-state index contributed by atoms with van der Waals surface area (Å²) in [5.74, 6) is -0.772. The van der Waals surface area contributed by atoms with Gasteiger partial charge in [0.1, 0.15) is 0 Å². The predicted molar refractivity (Wildman–Crippen MR) is 64.2 cm³/mol. The summed E-state index contributed by atoms with van der Waals surface area (Å²) in [4.78, 5) is 33.0. The Morgan fingerprint density at radius 1 is 1.00 bits per heavy atom. The van der Waals surface area contributed by atoms with Crippen LogP contribution in [0.1, 0.15) is 44.9 Å². The summed E-state index contributed by atoms with van der Waals surface area (Å²) in [7, 11) is 0. The zero-order chi connectivity index (χ0) is 12.7. The third kappa shape index (κ3) is 4.93. The number of hydrogen-bond donors (Lipinski definition) is 1. The zero-order valence-electron chi connectivity index (χ0n) is 9.98. The van der Waals surface area contributed by atoms with Crippen molar-refractivity contribution in [1.29, 1.82) is 0 Å². The van der Waals surface area contributed by atoms with Crippen LogP contribution in [0.25, 0.3) is 0 Å². The maximum Gasteiger partial charge on any atom is 0.217 e. The molecule has 0 unspecified atom stereocenters. The van der Waals surface area contributed by atoms with Gasteiger partial charge >= 0.3 is 0 Å². The lowest BCUT2D eigenvalue weighted by Crippen LogP contribution is -2.14. The third-order valence-electron chi connectivity index (χ3n) is 3.01. The van der Waals surface area contributed by atoms with Crippen LogP contribution >= 0.6 is 0 Å². The molecule has 94 valence electrons. The Bertz CT molecular complexity index is 316. The lowest BCUT2D eigenvalue weighted by atomic mass is 9.96. The number of nitrogens with two attached hydrogens (primary N) is 1. The second kappa shape index (κ2) is 6.99. The molecule has 1 aliphatic carbocycles. The summed E-state index contributed by atoms with van der Waals surface area (Å²) in [5, 5.41) is 0. The lowest BCUT2D eigenvalue weighted by molar-refractivity contribution is -0.126. The third-order valence-corrected chi connectivity index (χ3v) is 3.01. The molecule has 0 atom stereocenters. The van der Waals surface area contributed by atoms with Crippen molar-refractivity contribution in [1.82, 2.24) is 0 Å². The predicted octanol–water partition coefficient (Wildman–Crippen LogP) is 1.53. The minimum absolute atomic E-state index is 0.0521. The van der Waals surface area contributed by atoms with Gasteiger partial charge in [0, 0.05) is 6.42 Å². The van der Waals surface area contributed by atoms with E-state index >= 15 is 0 Å². The van der Waals surface area contributed by atoms with Gasteiger partial charge in [-0.25, -0.2) is 0 Å². The van der Waals surface area contributed by atoms with E-state index in [2.05, 4.69) is 0 Å². The summed E-state index contributed by atoms with van der Waals surface area (Å²) in [5.41, 5.74) is 5.03. The van der Waals surface area contributed by atoms with Crippen LogP contribution in [-0.4, -0.2) is 17.5 Å². The molecule has 0 spiro atoms. The van der Waals surface area contributed by atoms with Crippen LogP contribution in [0.15, 0.2) is 12.2 Å². The molecular weight excluding hydrogens is 218 g/mol. The van der Waals surface area contributed by atoms with E-state index in [1.807, 2.05) is 0 Å². The Morgan fingerprint density at radius 3 is 2.12 bits per heavy atom. The van der Waals surface area contributed by atoms with Crippen molar-refractivity contribution in [3.63, 3.8) is 0 Å². The molecule has 1 aliphatic rings. The Labute approximate surface area is 101 Å². The van der Waals surface area contributed by atoms with E-state index in [1.165, 1.54) is 12.2 Å². The molecule has 0 bridgehead atoms. The van der Waals surface area contributed by atoms with Crippen LogP contribution in [0.4, 0.5) is 0 Å². The number of amides is 1. The molecule has 1 rings (SSSR count). The molecule has 0 heterocycles. The maximum absolute atomic E-state index is 11.3. The summed E-state index contributed by atoms with van der Waals surface area (Å²) in [6.07, 6.45) is 8.57. The average Bonchev–Trinajstić information content (AvgIpc) is 2.58. The lowest BCUT2D eigenvalue weighted by Gasteiger charge is -2.06. The summed E-state index contributed by atoms with van der Waals surface area (Å²) in [6, 6.07) is 0. The number of rotatable bonds is 8. The van der Waals surface area contributed by atoms with E-state index in [4.69, 9.17) is 5.73 Å². The molecule has 4 heteroatoms. The molecule has 0 fully saturated rings. The summed E-state index contributed by atoms with van der Waals surface area (Å²) >= 11 is 0. The van der Waals surface area contributed by atoms with E-state index in [0.717, 1.165) is 32.1 Å². The highest BCUT2D eigenvalue weighted by molar-refractivity contribution is 6.18. The fourth-order valence-corrected chi connectivity index (χ4v) is 2.00. The molecule has 0 aromatic heterocycles. The van der Waals surface area contributed by atoms with Crippen molar-refractivity contribution in [2.24, 2.45) is 11.7 Å². The van der Waals surface area contributed by atoms with Crippen molar-refractivity contribution >= 4 is 17.5 Å². The number of hydrogen-bond acceptors (Lipinski definition) is 3. The Hall–Kier alpha value is -1.45. The number of allylic oxidation sites excluding steroid dienone is 2. The highest BCUT2D eigenvalue weighted by Gasteiger charge is 2.26. The summed E-state index contributed by atoms with van der Waals surface area (Å²) in [6.45, 7) is 0. The first kappa shape index (κ1) is 13.6. The van der Waals surface area contributed by atoms with Gasteiger partial charge in [-0.3, -0.25) is 14.4 Å². The van der Waals surface area contributed by atoms with Gasteiger partial charge in [-0.2, -0.15) is 0 Å². The van der Waals surface area contributed by atoms with E-state index < -0.39 is 5.92 Å². The average molecular weight is 237 g/mol. The second-order valence-electron chi connectivity index (χ2n) is 4.46. The van der Waals surface area contributed by atoms with Gasteiger partial charge < -0.3 is 5.73 Å². The second-order valence-corrected chi connectivity index (χ2v) is 4.46. The van der Waals surface area contributed by atoms with Gasteiger partial charge in [0.2, 0.25) is 5.91 Å². The molecule has 4 nitrogen and oxygen atoms in total. The number of unbranched alkanes of at least 4 members (excludes halogenated alkanes) is 4. The first-order valence-corrected chi connectivity index (χ1v) is 6.15. The molecule has 1 amide bonds. The molecule has 0 aromatic carbocycles. The van der Waals surface area contributed by atoms with Gasteiger partial charge in [0.25, 0.3) is 0 Å². The highest BCUT2D eigenvalue weighted by Crippen LogP contribution is 2.18. The van der Waals surface area contributed by atoms with E-state index in [9.17, 15) is 14.4 Å². The van der Waals surface area contributed by atoms with Crippen molar-refractivity contribution in [2.45, 2.75) is 44.9 Å². The Balaban J connectivity index is 1.99. The van der Waals surface area contributed by atoms with Crippen LogP contribution < -0.4 is 5.73 Å². The van der Waals surface area contributed by atoms with Gasteiger partial charge in [0.05, 0.1) is 5.92 Å². The monoisotopic (exact) mass is 237 g/mol. The molecular formula is C13H19NO3. The van der Waals surface area contributed by atoms with Crippen LogP contribution in [0, 0.1) is 5.92 Å². The van der Waals surface area contributed by atoms with Crippen molar-refractivity contribution in [3.8, 4) is 0 Å². The van der Waals surface area contributed by atoms with Crippen LogP contribution in [-0.2, 0) is 14.4 Å². The fraction of sp³-hybridized carbons (Fsp3) is 0.615. The molecule has 0 saturated heterocycles. The number of carbonyl (C=O) groups excluding carboxylic acids is 3. The van der Waals surface area contributed by atoms with E-state index in [-0.39, 0.29) is 17.5 Å². The van der Waals surface area contributed by atoms with Gasteiger partial charge in [-0.15, -0.1) is 0 Å². The van der Waals surface area contributed by atoms with Crippen molar-refractivity contribution < 1.29 is 14.4 Å². The Kier molecular flexibility index (Phi) is 5.60. The standard InChI is InChI=1S/C13H19NO3/c14-13(17)7-5-3-1-2-4-6-10-11(15)8-9-12(10)16/h8-10H,1-7H2,(H2,14,17). The molecule has 0 saturated carbocycles. The number of primary amides is 1. The number of ketones is 2. The van der Waals surface area contributed by atoms with Gasteiger partial charge in [-0.1, -0.05) is 25.7 Å². The molecule has 2 N–H and O–H groups in total. The first-order valence-electron chi connectivity index (χ1n) is 6.15. The quantitative estimate of drug-likeness (QED) is 0.513. The van der Waals surface area contributed by atoms with Crippen LogP contribution in [0.5, 0.6) is 0 Å². The molecule has 0 aromatic rings. The minimum atomic E-state index is -0.416. The smallest absolute Gasteiger partial charge is 0.217 e. The first-order chi connectivity index (χ1) is 8.11. The molecule has 0 radical (unpaired) electrons. The van der Waals surface area contributed by atoms with Crippen LogP contribution in [0.3, 0.4) is 0 Å². The SMILES string of the molecule is NC(=O)CCCCCCCC1C(=O)C=CC1=O. The Morgan fingerprint density at radius 2 is 1.53 bits per heavy atom. The topological polar surface area (TPSA) is 77.2 Å².